The molecule has 1 aromatic rings. The van der Waals surface area contributed by atoms with Crippen molar-refractivity contribution in [1.82, 2.24) is 0 Å². The van der Waals surface area contributed by atoms with Crippen LogP contribution in [0.3, 0.4) is 0 Å². The zero-order valence-corrected chi connectivity index (χ0v) is 8.78. The van der Waals surface area contributed by atoms with Crippen LogP contribution in [0.1, 0.15) is 23.1 Å². The zero-order chi connectivity index (χ0) is 9.84. The van der Waals surface area contributed by atoms with E-state index in [9.17, 15) is 0 Å². The molecule has 1 aromatic carbocycles. The lowest BCUT2D eigenvalue weighted by molar-refractivity contribution is 1.02. The third kappa shape index (κ3) is 2.50. The van der Waals surface area contributed by atoms with Crippen LogP contribution in [0.5, 0.6) is 0 Å². The fourth-order valence-electron chi connectivity index (χ4n) is 1.24. The smallest absolute Gasteiger partial charge is 0.0441 e. The largest absolute Gasteiger partial charge is 0.120 e. The van der Waals surface area contributed by atoms with Crippen molar-refractivity contribution in [1.29, 1.82) is 0 Å². The molecule has 0 heterocycles. The van der Waals surface area contributed by atoms with Crippen LogP contribution in [0.2, 0.25) is 5.02 Å². The molecule has 0 saturated carbocycles. The van der Waals surface area contributed by atoms with Gasteiger partial charge in [-0.2, -0.15) is 0 Å². The van der Waals surface area contributed by atoms with Gasteiger partial charge in [0, 0.05) is 11.4 Å². The van der Waals surface area contributed by atoms with Crippen molar-refractivity contribution in [2.75, 3.05) is 0 Å². The Hall–Kier alpha value is -0.930. The monoisotopic (exact) mass is 192 g/mol. The van der Waals surface area contributed by atoms with Crippen molar-refractivity contribution in [3.63, 3.8) is 0 Å². The normalized spacial score (nSPS) is 9.69. The van der Waals surface area contributed by atoms with Gasteiger partial charge < -0.3 is 0 Å². The molecule has 0 radical (unpaired) electrons. The molecular weight excluding hydrogens is 180 g/mol. The molecule has 0 aliphatic carbocycles. The molecule has 0 atom stereocenters. The summed E-state index contributed by atoms with van der Waals surface area (Å²) < 4.78 is 0. The Bertz CT molecular complexity index is 345. The molecule has 0 amide bonds. The summed E-state index contributed by atoms with van der Waals surface area (Å²) in [7, 11) is 0. The molecule has 0 aliphatic rings. The quantitative estimate of drug-likeness (QED) is 0.629. The lowest BCUT2D eigenvalue weighted by Crippen LogP contribution is -1.89. The Morgan fingerprint density at radius 2 is 1.92 bits per heavy atom. The highest BCUT2D eigenvalue weighted by atomic mass is 35.5. The highest BCUT2D eigenvalue weighted by Crippen LogP contribution is 2.21. The van der Waals surface area contributed by atoms with E-state index in [-0.39, 0.29) is 0 Å². The number of terminal acetylenes is 1. The van der Waals surface area contributed by atoms with Gasteiger partial charge in [0.2, 0.25) is 0 Å². The van der Waals surface area contributed by atoms with E-state index >= 15 is 0 Å². The Labute approximate surface area is 84.9 Å². The summed E-state index contributed by atoms with van der Waals surface area (Å²) in [6.07, 6.45) is 6.82. The van der Waals surface area contributed by atoms with Gasteiger partial charge in [0.25, 0.3) is 0 Å². The Morgan fingerprint density at radius 1 is 1.31 bits per heavy atom. The molecule has 0 nitrogen and oxygen atoms in total. The van der Waals surface area contributed by atoms with Gasteiger partial charge in [-0.25, -0.2) is 0 Å². The number of aryl methyl sites for hydroxylation is 3. The maximum Gasteiger partial charge on any atom is 0.0441 e. The zero-order valence-electron chi connectivity index (χ0n) is 8.02. The predicted octanol–water partition coefficient (Wildman–Crippen LogP) is 3.52. The van der Waals surface area contributed by atoms with Crippen LogP contribution in [0.4, 0.5) is 0 Å². The minimum Gasteiger partial charge on any atom is -0.120 e. The first kappa shape index (κ1) is 10.2. The summed E-state index contributed by atoms with van der Waals surface area (Å²) >= 11 is 6.07. The molecule has 68 valence electrons. The molecule has 0 aliphatic heterocycles. The Morgan fingerprint density at radius 3 is 2.54 bits per heavy atom. The molecule has 0 aromatic heterocycles. The van der Waals surface area contributed by atoms with Gasteiger partial charge in [-0.15, -0.1) is 12.3 Å². The molecule has 1 rings (SSSR count). The van der Waals surface area contributed by atoms with Crippen LogP contribution in [0.15, 0.2) is 12.1 Å². The van der Waals surface area contributed by atoms with E-state index in [1.54, 1.807) is 0 Å². The molecule has 0 bridgehead atoms. The van der Waals surface area contributed by atoms with E-state index in [0.29, 0.717) is 0 Å². The maximum atomic E-state index is 6.07. The average molecular weight is 193 g/mol. The Kier molecular flexibility index (Phi) is 3.39. The molecule has 0 saturated heterocycles. The minimum absolute atomic E-state index is 0.752. The summed E-state index contributed by atoms with van der Waals surface area (Å²) in [4.78, 5) is 0. The van der Waals surface area contributed by atoms with Crippen LogP contribution in [0, 0.1) is 26.2 Å². The lowest BCUT2D eigenvalue weighted by atomic mass is 10.0. The van der Waals surface area contributed by atoms with Crippen molar-refractivity contribution >= 4 is 11.6 Å². The molecule has 0 spiro atoms. The maximum absolute atomic E-state index is 6.07. The first-order chi connectivity index (χ1) is 6.15. The van der Waals surface area contributed by atoms with E-state index in [2.05, 4.69) is 25.8 Å². The van der Waals surface area contributed by atoms with E-state index in [1.165, 1.54) is 11.1 Å². The molecule has 13 heavy (non-hydrogen) atoms. The lowest BCUT2D eigenvalue weighted by Gasteiger charge is -2.06. The second kappa shape index (κ2) is 4.35. The molecule has 0 N–H and O–H groups in total. The van der Waals surface area contributed by atoms with Gasteiger partial charge in [0.05, 0.1) is 0 Å². The second-order valence-electron chi connectivity index (χ2n) is 3.23. The Balaban J connectivity index is 2.96. The van der Waals surface area contributed by atoms with Crippen molar-refractivity contribution in [3.05, 3.63) is 33.8 Å². The van der Waals surface area contributed by atoms with Crippen LogP contribution in [-0.4, -0.2) is 0 Å². The van der Waals surface area contributed by atoms with Crippen molar-refractivity contribution in [2.45, 2.75) is 26.7 Å². The van der Waals surface area contributed by atoms with Crippen molar-refractivity contribution in [2.24, 2.45) is 0 Å². The van der Waals surface area contributed by atoms with Gasteiger partial charge in [-0.1, -0.05) is 17.7 Å². The van der Waals surface area contributed by atoms with Crippen LogP contribution < -0.4 is 0 Å². The van der Waals surface area contributed by atoms with E-state index in [1.807, 2.05) is 6.07 Å². The van der Waals surface area contributed by atoms with Gasteiger partial charge in [0.15, 0.2) is 0 Å². The number of benzene rings is 1. The fourth-order valence-corrected chi connectivity index (χ4v) is 1.55. The van der Waals surface area contributed by atoms with Gasteiger partial charge >= 0.3 is 0 Å². The topological polar surface area (TPSA) is 0 Å². The minimum atomic E-state index is 0.752. The summed E-state index contributed by atoms with van der Waals surface area (Å²) in [6, 6.07) is 4.12. The average Bonchev–Trinajstić information content (AvgIpc) is 2.09. The number of halogens is 1. The van der Waals surface area contributed by atoms with Crippen LogP contribution >= 0.6 is 11.6 Å². The van der Waals surface area contributed by atoms with E-state index in [4.69, 9.17) is 18.0 Å². The van der Waals surface area contributed by atoms with E-state index < -0.39 is 0 Å². The van der Waals surface area contributed by atoms with E-state index in [0.717, 1.165) is 23.4 Å². The van der Waals surface area contributed by atoms with Gasteiger partial charge in [0.1, 0.15) is 0 Å². The summed E-state index contributed by atoms with van der Waals surface area (Å²) in [5.74, 6) is 2.62. The molecule has 0 unspecified atom stereocenters. The number of hydrogen-bond donors (Lipinski definition) is 0. The van der Waals surface area contributed by atoms with Crippen molar-refractivity contribution in [3.8, 4) is 12.3 Å². The summed E-state index contributed by atoms with van der Waals surface area (Å²) in [6.45, 7) is 4.15. The highest BCUT2D eigenvalue weighted by Gasteiger charge is 2.02. The first-order valence-corrected chi connectivity index (χ1v) is 4.72. The fraction of sp³-hybridized carbons (Fsp3) is 0.333. The van der Waals surface area contributed by atoms with Crippen LogP contribution in [-0.2, 0) is 6.42 Å². The predicted molar refractivity (Wildman–Crippen MR) is 58.1 cm³/mol. The second-order valence-corrected chi connectivity index (χ2v) is 3.64. The van der Waals surface area contributed by atoms with Gasteiger partial charge in [-0.3, -0.25) is 0 Å². The van der Waals surface area contributed by atoms with Crippen molar-refractivity contribution < 1.29 is 0 Å². The molecular formula is C12H13Cl. The third-order valence-corrected chi connectivity index (χ3v) is 2.55. The molecule has 1 heteroatoms. The van der Waals surface area contributed by atoms with Gasteiger partial charge in [-0.05, 0) is 43.0 Å². The number of rotatable bonds is 2. The summed E-state index contributed by atoms with van der Waals surface area (Å²) in [5, 5.41) is 0.832. The third-order valence-electron chi connectivity index (χ3n) is 2.20. The molecule has 0 fully saturated rings. The van der Waals surface area contributed by atoms with Crippen LogP contribution in [0.25, 0.3) is 0 Å². The summed E-state index contributed by atoms with van der Waals surface area (Å²) in [5.41, 5.74) is 3.66. The highest BCUT2D eigenvalue weighted by molar-refractivity contribution is 6.31. The SMILES string of the molecule is C#CCCc1cc(C)c(C)cc1Cl. The number of hydrogen-bond acceptors (Lipinski definition) is 0. The standard InChI is InChI=1S/C12H13Cl/c1-4-5-6-11-7-9(2)10(3)8-12(11)13/h1,7-8H,5-6H2,2-3H3. The first-order valence-electron chi connectivity index (χ1n) is 4.34.